The highest BCUT2D eigenvalue weighted by molar-refractivity contribution is 6.31. The van der Waals surface area contributed by atoms with Crippen LogP contribution in [0.3, 0.4) is 0 Å². The van der Waals surface area contributed by atoms with Gasteiger partial charge in [0.25, 0.3) is 5.91 Å². The molecule has 5 nitrogen and oxygen atoms in total. The highest BCUT2D eigenvalue weighted by Crippen LogP contribution is 2.36. The molecule has 0 aliphatic carbocycles. The van der Waals surface area contributed by atoms with E-state index in [0.29, 0.717) is 22.5 Å². The van der Waals surface area contributed by atoms with Gasteiger partial charge in [0.05, 0.1) is 16.3 Å². The maximum atomic E-state index is 13.6. The van der Waals surface area contributed by atoms with Crippen LogP contribution in [-0.2, 0) is 6.18 Å². The molecule has 3 aromatic carbocycles. The third kappa shape index (κ3) is 5.63. The van der Waals surface area contributed by atoms with E-state index in [1.807, 2.05) is 6.92 Å². The molecular formula is C26H19ClF4N4O. The number of aryl methyl sites for hydroxylation is 2. The van der Waals surface area contributed by atoms with Crippen LogP contribution in [0.5, 0.6) is 0 Å². The van der Waals surface area contributed by atoms with Crippen LogP contribution >= 0.6 is 11.6 Å². The molecule has 0 spiro atoms. The first kappa shape index (κ1) is 25.1. The molecule has 2 N–H and O–H groups in total. The average Bonchev–Trinajstić information content (AvgIpc) is 2.83. The summed E-state index contributed by atoms with van der Waals surface area (Å²) in [6.45, 7) is 3.47. The van der Waals surface area contributed by atoms with Gasteiger partial charge in [-0.05, 0) is 79.6 Å². The monoisotopic (exact) mass is 514 g/mol. The van der Waals surface area contributed by atoms with E-state index in [1.54, 1.807) is 49.5 Å². The number of nitrogens with one attached hydrogen (secondary N) is 2. The zero-order chi connectivity index (χ0) is 26.0. The van der Waals surface area contributed by atoms with E-state index in [4.69, 9.17) is 11.6 Å². The zero-order valence-corrected chi connectivity index (χ0v) is 19.8. The second kappa shape index (κ2) is 9.94. The minimum Gasteiger partial charge on any atom is -0.324 e. The van der Waals surface area contributed by atoms with E-state index < -0.39 is 22.7 Å². The molecule has 0 unspecified atom stereocenters. The minimum atomic E-state index is -4.65. The van der Waals surface area contributed by atoms with E-state index in [2.05, 4.69) is 20.6 Å². The molecule has 0 atom stereocenters. The molecule has 0 aliphatic rings. The first-order chi connectivity index (χ1) is 17.0. The van der Waals surface area contributed by atoms with Crippen molar-refractivity contribution in [2.75, 3.05) is 10.6 Å². The fourth-order valence-corrected chi connectivity index (χ4v) is 3.65. The van der Waals surface area contributed by atoms with Gasteiger partial charge < -0.3 is 10.6 Å². The maximum Gasteiger partial charge on any atom is 0.417 e. The number of amides is 1. The molecule has 1 aromatic heterocycles. The number of anilines is 3. The number of hydrogen-bond donors (Lipinski definition) is 2. The van der Waals surface area contributed by atoms with Gasteiger partial charge in [-0.15, -0.1) is 0 Å². The summed E-state index contributed by atoms with van der Waals surface area (Å²) in [6.07, 6.45) is -3.10. The fourth-order valence-electron chi connectivity index (χ4n) is 3.43. The van der Waals surface area contributed by atoms with Crippen molar-refractivity contribution in [2.24, 2.45) is 0 Å². The lowest BCUT2D eigenvalue weighted by molar-refractivity contribution is -0.137. The first-order valence-electron chi connectivity index (χ1n) is 10.7. The largest absolute Gasteiger partial charge is 0.417 e. The Kier molecular flexibility index (Phi) is 6.94. The fraction of sp³-hybridized carbons (Fsp3) is 0.115. The van der Waals surface area contributed by atoms with E-state index >= 15 is 0 Å². The SMILES string of the molecule is Cc1cc(-c2ccnc(Nc3cc(C(=O)Nc4ccc(Cl)c(C(F)(F)F)c4)ccc3C)n2)ccc1F. The van der Waals surface area contributed by atoms with E-state index in [9.17, 15) is 22.4 Å². The minimum absolute atomic E-state index is 0.0440. The van der Waals surface area contributed by atoms with Gasteiger partial charge in [0.2, 0.25) is 5.95 Å². The Morgan fingerprint density at radius 1 is 0.944 bits per heavy atom. The molecule has 184 valence electrons. The molecule has 0 saturated heterocycles. The highest BCUT2D eigenvalue weighted by atomic mass is 35.5. The summed E-state index contributed by atoms with van der Waals surface area (Å²) in [5, 5.41) is 5.07. The average molecular weight is 515 g/mol. The molecule has 0 fully saturated rings. The molecule has 0 radical (unpaired) electrons. The van der Waals surface area contributed by atoms with Gasteiger partial charge in [0.15, 0.2) is 0 Å². The van der Waals surface area contributed by atoms with Crippen molar-refractivity contribution in [1.29, 1.82) is 0 Å². The predicted molar refractivity (Wildman–Crippen MR) is 131 cm³/mol. The lowest BCUT2D eigenvalue weighted by Gasteiger charge is -2.13. The Labute approximate surface area is 209 Å². The summed E-state index contributed by atoms with van der Waals surface area (Å²) in [4.78, 5) is 21.4. The number of carbonyl (C=O) groups is 1. The van der Waals surface area contributed by atoms with Crippen molar-refractivity contribution in [3.63, 3.8) is 0 Å². The van der Waals surface area contributed by atoms with Gasteiger partial charge >= 0.3 is 6.18 Å². The molecule has 10 heteroatoms. The van der Waals surface area contributed by atoms with Crippen molar-refractivity contribution < 1.29 is 22.4 Å². The summed E-state index contributed by atoms with van der Waals surface area (Å²) in [6, 6.07) is 14.3. The molecule has 0 saturated carbocycles. The number of halogens is 5. The summed E-state index contributed by atoms with van der Waals surface area (Å²) in [5.41, 5.74) is 2.20. The van der Waals surface area contributed by atoms with E-state index in [-0.39, 0.29) is 23.0 Å². The van der Waals surface area contributed by atoms with Crippen LogP contribution in [0, 0.1) is 19.7 Å². The Morgan fingerprint density at radius 3 is 2.44 bits per heavy atom. The normalized spacial score (nSPS) is 11.3. The number of hydrogen-bond acceptors (Lipinski definition) is 4. The van der Waals surface area contributed by atoms with Crippen molar-refractivity contribution in [3.05, 3.63) is 100.0 Å². The van der Waals surface area contributed by atoms with Crippen molar-refractivity contribution in [2.45, 2.75) is 20.0 Å². The topological polar surface area (TPSA) is 66.9 Å². The van der Waals surface area contributed by atoms with Crippen LogP contribution in [0.4, 0.5) is 34.9 Å². The number of carbonyl (C=O) groups excluding carboxylic acids is 1. The van der Waals surface area contributed by atoms with Gasteiger partial charge in [0, 0.05) is 28.7 Å². The molecule has 0 bridgehead atoms. The standard InChI is InChI=1S/C26H19ClF4N4O/c1-14-3-4-17(24(36)33-18-6-7-20(27)19(13-18)26(29,30)31)12-23(14)35-25-32-10-9-22(34-25)16-5-8-21(28)15(2)11-16/h3-13H,1-2H3,(H,33,36)(H,32,34,35). The first-order valence-corrected chi connectivity index (χ1v) is 11.0. The lowest BCUT2D eigenvalue weighted by atomic mass is 10.1. The molecule has 1 amide bonds. The molecular weight excluding hydrogens is 496 g/mol. The number of aromatic nitrogens is 2. The number of rotatable bonds is 5. The van der Waals surface area contributed by atoms with Crippen LogP contribution < -0.4 is 10.6 Å². The maximum absolute atomic E-state index is 13.6. The lowest BCUT2D eigenvalue weighted by Crippen LogP contribution is -2.14. The number of alkyl halides is 3. The second-order valence-corrected chi connectivity index (χ2v) is 8.44. The summed E-state index contributed by atoms with van der Waals surface area (Å²) < 4.78 is 53.0. The van der Waals surface area contributed by atoms with E-state index in [0.717, 1.165) is 17.7 Å². The van der Waals surface area contributed by atoms with Crippen molar-refractivity contribution in [3.8, 4) is 11.3 Å². The zero-order valence-electron chi connectivity index (χ0n) is 19.0. The summed E-state index contributed by atoms with van der Waals surface area (Å²) in [7, 11) is 0. The van der Waals surface area contributed by atoms with Crippen molar-refractivity contribution in [1.82, 2.24) is 9.97 Å². The molecule has 4 aromatic rings. The molecule has 0 aliphatic heterocycles. The molecule has 4 rings (SSSR count). The van der Waals surface area contributed by atoms with Crippen LogP contribution in [0.15, 0.2) is 66.9 Å². The number of benzene rings is 3. The highest BCUT2D eigenvalue weighted by Gasteiger charge is 2.33. The predicted octanol–water partition coefficient (Wildman–Crippen LogP) is 7.57. The van der Waals surface area contributed by atoms with Crippen LogP contribution in [0.25, 0.3) is 11.3 Å². The van der Waals surface area contributed by atoms with Gasteiger partial charge in [0.1, 0.15) is 5.82 Å². The van der Waals surface area contributed by atoms with Gasteiger partial charge in [-0.3, -0.25) is 4.79 Å². The Bertz CT molecular complexity index is 1460. The third-order valence-electron chi connectivity index (χ3n) is 5.39. The van der Waals surface area contributed by atoms with Crippen LogP contribution in [0.1, 0.15) is 27.0 Å². The molecule has 36 heavy (non-hydrogen) atoms. The van der Waals surface area contributed by atoms with Gasteiger partial charge in [-0.25, -0.2) is 14.4 Å². The number of nitrogens with zero attached hydrogens (tertiary/aromatic N) is 2. The van der Waals surface area contributed by atoms with E-state index in [1.165, 1.54) is 12.1 Å². The Balaban J connectivity index is 1.56. The van der Waals surface area contributed by atoms with Crippen molar-refractivity contribution >= 4 is 34.8 Å². The summed E-state index contributed by atoms with van der Waals surface area (Å²) in [5.74, 6) is -0.669. The summed E-state index contributed by atoms with van der Waals surface area (Å²) >= 11 is 5.64. The quantitative estimate of drug-likeness (QED) is 0.270. The Hall–Kier alpha value is -3.98. The Morgan fingerprint density at radius 2 is 1.72 bits per heavy atom. The third-order valence-corrected chi connectivity index (χ3v) is 5.71. The van der Waals surface area contributed by atoms with Gasteiger partial charge in [-0.1, -0.05) is 17.7 Å². The van der Waals surface area contributed by atoms with Crippen LogP contribution in [-0.4, -0.2) is 15.9 Å². The smallest absolute Gasteiger partial charge is 0.324 e. The molecule has 1 heterocycles. The van der Waals surface area contributed by atoms with Gasteiger partial charge in [-0.2, -0.15) is 13.2 Å². The second-order valence-electron chi connectivity index (χ2n) is 8.03. The van der Waals surface area contributed by atoms with Crippen LogP contribution in [0.2, 0.25) is 5.02 Å².